The number of anilines is 1. The molecular weight excluding hydrogens is 367 g/mol. The number of nitrogens with one attached hydrogen (secondary N) is 1. The van der Waals surface area contributed by atoms with E-state index in [1.54, 1.807) is 35.4 Å². The molecule has 2 aromatic rings. The largest absolute Gasteiger partial charge is 0.618 e. The van der Waals surface area contributed by atoms with Crippen molar-refractivity contribution < 1.29 is 14.3 Å². The molecule has 1 aromatic carbocycles. The minimum atomic E-state index is 0.0322. The number of para-hydroxylation sites is 1. The van der Waals surface area contributed by atoms with E-state index in [1.165, 1.54) is 13.3 Å². The van der Waals surface area contributed by atoms with Gasteiger partial charge in [-0.25, -0.2) is 10.1 Å². The summed E-state index contributed by atoms with van der Waals surface area (Å²) in [4.78, 5) is 10.1. The Morgan fingerprint density at radius 3 is 2.76 bits per heavy atom. The van der Waals surface area contributed by atoms with Crippen molar-refractivity contribution in [1.29, 1.82) is 0 Å². The molecule has 1 aromatic heterocycles. The number of aromatic nitrogens is 1. The van der Waals surface area contributed by atoms with Crippen LogP contribution in [0.15, 0.2) is 41.5 Å². The van der Waals surface area contributed by atoms with Gasteiger partial charge in [-0.3, -0.25) is 4.84 Å². The molecule has 1 N–H and O–H groups in total. The van der Waals surface area contributed by atoms with Crippen LogP contribution in [-0.4, -0.2) is 31.2 Å². The highest BCUT2D eigenvalue weighted by Gasteiger charge is 2.22. The molecule has 7 nitrogen and oxygen atoms in total. The topological polar surface area (TPSA) is 73.0 Å². The lowest BCUT2D eigenvalue weighted by molar-refractivity contribution is -0.618. The number of ether oxygens (including phenoxy) is 1. The van der Waals surface area contributed by atoms with Gasteiger partial charge in [0.05, 0.1) is 35.9 Å². The lowest BCUT2D eigenvalue weighted by atomic mass is 10.3. The van der Waals surface area contributed by atoms with Gasteiger partial charge in [-0.05, 0) is 18.2 Å². The first kappa shape index (κ1) is 17.6. The lowest BCUT2D eigenvalue weighted by Gasteiger charge is -2.21. The SMILES string of the molecule is COc1ccc[n+]([O-])c1CON1CCN=C1Nc1c(Cl)cccc1Cl. The Kier molecular flexibility index (Phi) is 5.47. The van der Waals surface area contributed by atoms with E-state index < -0.39 is 0 Å². The Labute approximate surface area is 154 Å². The summed E-state index contributed by atoms with van der Waals surface area (Å²) in [6.45, 7) is 1.12. The second-order valence-electron chi connectivity index (χ2n) is 5.15. The molecule has 0 atom stereocenters. The van der Waals surface area contributed by atoms with Crippen molar-refractivity contribution in [1.82, 2.24) is 5.06 Å². The zero-order valence-electron chi connectivity index (χ0n) is 13.4. The van der Waals surface area contributed by atoms with Crippen molar-refractivity contribution in [3.05, 3.63) is 57.5 Å². The van der Waals surface area contributed by atoms with E-state index in [4.69, 9.17) is 32.8 Å². The van der Waals surface area contributed by atoms with Crippen LogP contribution in [0.5, 0.6) is 5.75 Å². The van der Waals surface area contributed by atoms with Gasteiger partial charge < -0.3 is 15.3 Å². The fourth-order valence-corrected chi connectivity index (χ4v) is 2.84. The molecule has 0 amide bonds. The Hall–Kier alpha value is -2.22. The van der Waals surface area contributed by atoms with E-state index in [0.29, 0.717) is 51.0 Å². The first-order chi connectivity index (χ1) is 12.1. The normalized spacial score (nSPS) is 13.7. The van der Waals surface area contributed by atoms with Crippen LogP contribution in [0.25, 0.3) is 0 Å². The van der Waals surface area contributed by atoms with Crippen LogP contribution in [0.2, 0.25) is 10.0 Å². The maximum absolute atomic E-state index is 11.9. The standard InChI is InChI=1S/C16H16Cl2N4O3/c1-24-14-6-3-8-21(23)13(14)10-25-22-9-7-19-16(22)20-15-11(17)4-2-5-12(15)18/h2-6,8H,7,9-10H2,1H3,(H,19,20). The summed E-state index contributed by atoms with van der Waals surface area (Å²) in [6.07, 6.45) is 1.39. The number of hydroxylamine groups is 2. The third-order valence-corrected chi connectivity index (χ3v) is 4.23. The molecule has 0 saturated heterocycles. The quantitative estimate of drug-likeness (QED) is 0.635. The fourth-order valence-electron chi connectivity index (χ4n) is 2.35. The van der Waals surface area contributed by atoms with Crippen molar-refractivity contribution in [2.75, 3.05) is 25.5 Å². The Balaban J connectivity index is 1.71. The third kappa shape index (κ3) is 3.89. The maximum atomic E-state index is 11.9. The highest BCUT2D eigenvalue weighted by Crippen LogP contribution is 2.30. The molecule has 1 aliphatic heterocycles. The summed E-state index contributed by atoms with van der Waals surface area (Å²) in [6, 6.07) is 8.53. The number of pyridine rings is 1. The molecule has 132 valence electrons. The molecule has 0 bridgehead atoms. The molecule has 2 heterocycles. The van der Waals surface area contributed by atoms with E-state index in [9.17, 15) is 5.21 Å². The molecule has 0 fully saturated rings. The number of hydrogen-bond donors (Lipinski definition) is 1. The molecule has 9 heteroatoms. The van der Waals surface area contributed by atoms with Crippen LogP contribution >= 0.6 is 23.2 Å². The van der Waals surface area contributed by atoms with Crippen molar-refractivity contribution >= 4 is 34.8 Å². The average molecular weight is 383 g/mol. The minimum Gasteiger partial charge on any atom is -0.618 e. The summed E-state index contributed by atoms with van der Waals surface area (Å²) in [7, 11) is 1.50. The monoisotopic (exact) mass is 382 g/mol. The first-order valence-electron chi connectivity index (χ1n) is 7.51. The first-order valence-corrected chi connectivity index (χ1v) is 8.26. The van der Waals surface area contributed by atoms with E-state index in [2.05, 4.69) is 10.3 Å². The van der Waals surface area contributed by atoms with Crippen LogP contribution in [0, 0.1) is 5.21 Å². The van der Waals surface area contributed by atoms with Gasteiger partial charge in [-0.2, -0.15) is 4.73 Å². The molecular formula is C16H16Cl2N4O3. The summed E-state index contributed by atoms with van der Waals surface area (Å²) < 4.78 is 5.91. The van der Waals surface area contributed by atoms with Crippen molar-refractivity contribution in [3.8, 4) is 5.75 Å². The second kappa shape index (κ2) is 7.77. The van der Waals surface area contributed by atoms with Crippen molar-refractivity contribution in [2.45, 2.75) is 6.61 Å². The zero-order chi connectivity index (χ0) is 17.8. The van der Waals surface area contributed by atoms with Gasteiger partial charge in [-0.15, -0.1) is 0 Å². The van der Waals surface area contributed by atoms with Crippen LogP contribution < -0.4 is 14.8 Å². The van der Waals surface area contributed by atoms with Gasteiger partial charge in [0, 0.05) is 6.07 Å². The Morgan fingerprint density at radius 1 is 1.28 bits per heavy atom. The summed E-state index contributed by atoms with van der Waals surface area (Å²) in [5.41, 5.74) is 0.920. The van der Waals surface area contributed by atoms with E-state index in [0.717, 1.165) is 0 Å². The highest BCUT2D eigenvalue weighted by atomic mass is 35.5. The van der Waals surface area contributed by atoms with Crippen LogP contribution in [0.3, 0.4) is 0 Å². The highest BCUT2D eigenvalue weighted by molar-refractivity contribution is 6.39. The van der Waals surface area contributed by atoms with Crippen LogP contribution in [0.1, 0.15) is 5.69 Å². The Bertz CT molecular complexity index is 781. The number of methoxy groups -OCH3 is 1. The molecule has 0 radical (unpaired) electrons. The van der Waals surface area contributed by atoms with E-state index in [-0.39, 0.29) is 6.61 Å². The van der Waals surface area contributed by atoms with Crippen molar-refractivity contribution in [3.63, 3.8) is 0 Å². The molecule has 0 aliphatic carbocycles. The molecule has 3 rings (SSSR count). The smallest absolute Gasteiger partial charge is 0.263 e. The predicted octanol–water partition coefficient (Wildman–Crippen LogP) is 2.85. The van der Waals surface area contributed by atoms with E-state index in [1.807, 2.05) is 0 Å². The van der Waals surface area contributed by atoms with Gasteiger partial charge in [0.25, 0.3) is 5.69 Å². The summed E-state index contributed by atoms with van der Waals surface area (Å²) in [5.74, 6) is 0.930. The number of halogens is 2. The van der Waals surface area contributed by atoms with Gasteiger partial charge in [0.1, 0.15) is 0 Å². The third-order valence-electron chi connectivity index (χ3n) is 3.60. The number of guanidine groups is 1. The number of aliphatic imine (C=N–C) groups is 1. The molecule has 0 spiro atoms. The summed E-state index contributed by atoms with van der Waals surface area (Å²) >= 11 is 12.3. The second-order valence-corrected chi connectivity index (χ2v) is 5.97. The molecule has 1 aliphatic rings. The van der Waals surface area contributed by atoms with Crippen molar-refractivity contribution in [2.24, 2.45) is 4.99 Å². The maximum Gasteiger partial charge on any atom is 0.263 e. The van der Waals surface area contributed by atoms with Gasteiger partial charge >= 0.3 is 0 Å². The number of rotatable bonds is 5. The Morgan fingerprint density at radius 2 is 2.04 bits per heavy atom. The number of nitrogens with zero attached hydrogens (tertiary/aromatic N) is 3. The number of benzene rings is 1. The fraction of sp³-hybridized carbons (Fsp3) is 0.250. The molecule has 0 unspecified atom stereocenters. The van der Waals surface area contributed by atoms with Gasteiger partial charge in [-0.1, -0.05) is 29.3 Å². The number of hydrogen-bond acceptors (Lipinski definition) is 6. The van der Waals surface area contributed by atoms with Crippen LogP contribution in [0.4, 0.5) is 5.69 Å². The molecule has 25 heavy (non-hydrogen) atoms. The van der Waals surface area contributed by atoms with E-state index >= 15 is 0 Å². The minimum absolute atomic E-state index is 0.0322. The average Bonchev–Trinajstić information content (AvgIpc) is 3.04. The molecule has 0 saturated carbocycles. The predicted molar refractivity (Wildman–Crippen MR) is 95.8 cm³/mol. The van der Waals surface area contributed by atoms with Gasteiger partial charge in [0.2, 0.25) is 5.96 Å². The summed E-state index contributed by atoms with van der Waals surface area (Å²) in [5, 5.41) is 17.5. The van der Waals surface area contributed by atoms with Crippen LogP contribution in [-0.2, 0) is 11.4 Å². The lowest BCUT2D eigenvalue weighted by Crippen LogP contribution is -2.37. The van der Waals surface area contributed by atoms with Gasteiger partial charge in [0.15, 0.2) is 18.6 Å². The zero-order valence-corrected chi connectivity index (χ0v) is 14.9.